The lowest BCUT2D eigenvalue weighted by Crippen LogP contribution is -2.19. The van der Waals surface area contributed by atoms with Crippen LogP contribution in [0, 0.1) is 0 Å². The van der Waals surface area contributed by atoms with Crippen LogP contribution in [0.5, 0.6) is 5.75 Å². The number of rotatable bonds is 2. The molecule has 0 N–H and O–H groups in total. The summed E-state index contributed by atoms with van der Waals surface area (Å²) < 4.78 is 75.9. The minimum atomic E-state index is -4.60. The molecule has 0 saturated carbocycles. The molecule has 7 heteroatoms. The van der Waals surface area contributed by atoms with E-state index in [4.69, 9.17) is 0 Å². The lowest BCUT2D eigenvalue weighted by atomic mass is 10.2. The van der Waals surface area contributed by atoms with E-state index in [1.54, 1.807) is 0 Å². The van der Waals surface area contributed by atoms with E-state index in [0.29, 0.717) is 6.07 Å². The van der Waals surface area contributed by atoms with Crippen LogP contribution in [0.25, 0.3) is 0 Å². The first kappa shape index (κ1) is 12.7. The van der Waals surface area contributed by atoms with E-state index in [-0.39, 0.29) is 0 Å². The molecule has 0 aromatic heterocycles. The Morgan fingerprint density at radius 2 is 1.62 bits per heavy atom. The molecule has 0 amide bonds. The molecule has 0 aliphatic carbocycles. The molecule has 0 fully saturated rings. The van der Waals surface area contributed by atoms with Gasteiger partial charge in [0, 0.05) is 0 Å². The van der Waals surface area contributed by atoms with Crippen molar-refractivity contribution in [3.8, 4) is 5.75 Å². The van der Waals surface area contributed by atoms with Gasteiger partial charge in [0.1, 0.15) is 5.75 Å². The Balaban J connectivity index is 2.76. The molecule has 90 valence electrons. The lowest BCUT2D eigenvalue weighted by molar-refractivity contribution is -0.153. The summed E-state index contributed by atoms with van der Waals surface area (Å²) >= 11 is 0. The quantitative estimate of drug-likeness (QED) is 0.721. The topological polar surface area (TPSA) is 9.23 Å². The van der Waals surface area contributed by atoms with Crippen LogP contribution < -0.4 is 4.74 Å². The smallest absolute Gasteiger partial charge is 0.422 e. The molecular formula is C9H6F6O. The van der Waals surface area contributed by atoms with Crippen molar-refractivity contribution in [2.75, 3.05) is 6.61 Å². The zero-order valence-corrected chi connectivity index (χ0v) is 7.69. The van der Waals surface area contributed by atoms with E-state index in [2.05, 4.69) is 4.74 Å². The molecule has 0 aliphatic heterocycles. The van der Waals surface area contributed by atoms with Gasteiger partial charge in [-0.3, -0.25) is 0 Å². The molecule has 0 saturated heterocycles. The molecule has 16 heavy (non-hydrogen) atoms. The minimum Gasteiger partial charge on any atom is -0.484 e. The molecule has 0 bridgehead atoms. The molecule has 1 nitrogen and oxygen atoms in total. The second-order valence-corrected chi connectivity index (χ2v) is 2.93. The first-order chi connectivity index (χ1) is 7.18. The second-order valence-electron chi connectivity index (χ2n) is 2.93. The zero-order chi connectivity index (χ0) is 12.4. The van der Waals surface area contributed by atoms with E-state index in [1.807, 2.05) is 0 Å². The van der Waals surface area contributed by atoms with Gasteiger partial charge in [-0.15, -0.1) is 0 Å². The molecule has 1 rings (SSSR count). The van der Waals surface area contributed by atoms with Gasteiger partial charge in [-0.2, -0.15) is 26.3 Å². The van der Waals surface area contributed by atoms with Crippen LogP contribution in [0.15, 0.2) is 24.3 Å². The Hall–Kier alpha value is -1.40. The predicted molar refractivity (Wildman–Crippen MR) is 43.0 cm³/mol. The molecule has 0 aliphatic rings. The average Bonchev–Trinajstić information content (AvgIpc) is 2.13. The highest BCUT2D eigenvalue weighted by atomic mass is 19.4. The van der Waals surface area contributed by atoms with Crippen LogP contribution in [-0.2, 0) is 6.18 Å². The van der Waals surface area contributed by atoms with Crippen molar-refractivity contribution >= 4 is 0 Å². The fourth-order valence-corrected chi connectivity index (χ4v) is 0.927. The van der Waals surface area contributed by atoms with Gasteiger partial charge >= 0.3 is 12.4 Å². The summed E-state index contributed by atoms with van der Waals surface area (Å²) in [6.45, 7) is -1.62. The summed E-state index contributed by atoms with van der Waals surface area (Å²) in [6, 6.07) is 3.28. The van der Waals surface area contributed by atoms with E-state index < -0.39 is 30.3 Å². The summed E-state index contributed by atoms with van der Waals surface area (Å²) in [5.74, 6) is -0.466. The predicted octanol–water partition coefficient (Wildman–Crippen LogP) is 3.65. The average molecular weight is 244 g/mol. The molecule has 0 atom stereocenters. The number of benzene rings is 1. The van der Waals surface area contributed by atoms with Crippen molar-refractivity contribution in [1.82, 2.24) is 0 Å². The Morgan fingerprint density at radius 3 is 2.12 bits per heavy atom. The molecule has 0 radical (unpaired) electrons. The number of hydrogen-bond donors (Lipinski definition) is 0. The van der Waals surface area contributed by atoms with Gasteiger partial charge in [0.25, 0.3) is 0 Å². The molecule has 1 aromatic carbocycles. The Morgan fingerprint density at radius 1 is 1.00 bits per heavy atom. The normalized spacial score (nSPS) is 12.6. The maximum absolute atomic E-state index is 12.2. The van der Waals surface area contributed by atoms with Gasteiger partial charge in [0.2, 0.25) is 0 Å². The monoisotopic (exact) mass is 244 g/mol. The minimum absolute atomic E-state index is 0.466. The van der Waals surface area contributed by atoms with Gasteiger partial charge in [0.15, 0.2) is 6.61 Å². The third-order valence-corrected chi connectivity index (χ3v) is 1.56. The van der Waals surface area contributed by atoms with Crippen molar-refractivity contribution in [1.29, 1.82) is 0 Å². The number of halogens is 6. The lowest BCUT2D eigenvalue weighted by Gasteiger charge is -2.11. The standard InChI is InChI=1S/C9H6F6O/c10-8(11,12)5-16-7-3-1-2-6(4-7)9(13,14)15/h1-4H,5H2. The molecule has 0 heterocycles. The van der Waals surface area contributed by atoms with Gasteiger partial charge in [-0.05, 0) is 18.2 Å². The Kier molecular flexibility index (Phi) is 3.35. The summed E-state index contributed by atoms with van der Waals surface area (Å²) in [5, 5.41) is 0. The van der Waals surface area contributed by atoms with Gasteiger partial charge in [-0.25, -0.2) is 0 Å². The van der Waals surface area contributed by atoms with E-state index in [1.165, 1.54) is 0 Å². The van der Waals surface area contributed by atoms with Crippen LogP contribution in [0.1, 0.15) is 5.56 Å². The molecular weight excluding hydrogens is 238 g/mol. The number of ether oxygens (including phenoxy) is 1. The molecule has 1 aromatic rings. The SMILES string of the molecule is FC(F)(F)COc1cccc(C(F)(F)F)c1. The highest BCUT2D eigenvalue weighted by Gasteiger charge is 2.31. The summed E-state index contributed by atoms with van der Waals surface area (Å²) in [7, 11) is 0. The summed E-state index contributed by atoms with van der Waals surface area (Å²) in [5.41, 5.74) is -1.05. The number of alkyl halides is 6. The highest BCUT2D eigenvalue weighted by Crippen LogP contribution is 2.31. The van der Waals surface area contributed by atoms with Crippen molar-refractivity contribution in [3.05, 3.63) is 29.8 Å². The highest BCUT2D eigenvalue weighted by molar-refractivity contribution is 5.30. The van der Waals surface area contributed by atoms with Crippen molar-refractivity contribution in [2.45, 2.75) is 12.4 Å². The van der Waals surface area contributed by atoms with E-state index in [0.717, 1.165) is 18.2 Å². The van der Waals surface area contributed by atoms with Crippen LogP contribution in [0.3, 0.4) is 0 Å². The van der Waals surface area contributed by atoms with Crippen LogP contribution in [-0.4, -0.2) is 12.8 Å². The van der Waals surface area contributed by atoms with Gasteiger partial charge in [0.05, 0.1) is 5.56 Å². The first-order valence-corrected chi connectivity index (χ1v) is 4.05. The zero-order valence-electron chi connectivity index (χ0n) is 7.69. The number of hydrogen-bond acceptors (Lipinski definition) is 1. The fourth-order valence-electron chi connectivity index (χ4n) is 0.927. The van der Waals surface area contributed by atoms with Crippen LogP contribution in [0.4, 0.5) is 26.3 Å². The Bertz CT molecular complexity index is 354. The summed E-state index contributed by atoms with van der Waals surface area (Å²) in [6.07, 6.45) is -9.17. The first-order valence-electron chi connectivity index (χ1n) is 4.05. The second kappa shape index (κ2) is 4.23. The third-order valence-electron chi connectivity index (χ3n) is 1.56. The van der Waals surface area contributed by atoms with Crippen molar-refractivity contribution < 1.29 is 31.1 Å². The van der Waals surface area contributed by atoms with Crippen molar-refractivity contribution in [3.63, 3.8) is 0 Å². The van der Waals surface area contributed by atoms with E-state index >= 15 is 0 Å². The van der Waals surface area contributed by atoms with Crippen LogP contribution >= 0.6 is 0 Å². The Labute approximate surface area is 86.6 Å². The maximum atomic E-state index is 12.2. The van der Waals surface area contributed by atoms with Crippen molar-refractivity contribution in [2.24, 2.45) is 0 Å². The molecule has 0 unspecified atom stereocenters. The fraction of sp³-hybridized carbons (Fsp3) is 0.333. The molecule has 0 spiro atoms. The third kappa shape index (κ3) is 4.00. The van der Waals surface area contributed by atoms with Gasteiger partial charge in [-0.1, -0.05) is 6.07 Å². The van der Waals surface area contributed by atoms with Gasteiger partial charge < -0.3 is 4.74 Å². The summed E-state index contributed by atoms with van der Waals surface area (Å²) in [4.78, 5) is 0. The maximum Gasteiger partial charge on any atom is 0.422 e. The van der Waals surface area contributed by atoms with E-state index in [9.17, 15) is 26.3 Å². The largest absolute Gasteiger partial charge is 0.484 e. The van der Waals surface area contributed by atoms with Crippen LogP contribution in [0.2, 0.25) is 0 Å².